The summed E-state index contributed by atoms with van der Waals surface area (Å²) in [6, 6.07) is 13.5. The topological polar surface area (TPSA) is 55.4 Å². The molecule has 0 spiro atoms. The second kappa shape index (κ2) is 11.3. The van der Waals surface area contributed by atoms with Gasteiger partial charge in [-0.15, -0.1) is 12.3 Å². The highest BCUT2D eigenvalue weighted by Gasteiger charge is 2.28. The number of aryl methyl sites for hydroxylation is 2. The SMILES string of the molecule is C#CCCC(=O)Oc1ccc(C[N+](CC)(CC)CC(=O)Nc2c(C)cccc2C)cc1. The van der Waals surface area contributed by atoms with Crippen LogP contribution in [0.15, 0.2) is 42.5 Å². The van der Waals surface area contributed by atoms with Crippen molar-refractivity contribution >= 4 is 17.6 Å². The van der Waals surface area contributed by atoms with Crippen molar-refractivity contribution < 1.29 is 18.8 Å². The van der Waals surface area contributed by atoms with Crippen LogP contribution in [0.4, 0.5) is 5.69 Å². The van der Waals surface area contributed by atoms with Gasteiger partial charge in [-0.05, 0) is 63.1 Å². The molecule has 0 radical (unpaired) electrons. The zero-order valence-electron chi connectivity index (χ0n) is 19.0. The van der Waals surface area contributed by atoms with Gasteiger partial charge in [-0.2, -0.15) is 0 Å². The van der Waals surface area contributed by atoms with E-state index in [1.54, 1.807) is 12.1 Å². The number of carbonyl (C=O) groups is 2. The van der Waals surface area contributed by atoms with E-state index < -0.39 is 0 Å². The van der Waals surface area contributed by atoms with E-state index in [2.05, 4.69) is 25.1 Å². The van der Waals surface area contributed by atoms with Gasteiger partial charge in [0.05, 0.1) is 19.5 Å². The third kappa shape index (κ3) is 6.97. The molecule has 0 aromatic heterocycles. The fourth-order valence-corrected chi connectivity index (χ4v) is 3.63. The van der Waals surface area contributed by atoms with Crippen molar-refractivity contribution in [3.8, 4) is 18.1 Å². The number of likely N-dealkylation sites (N-methyl/N-ethyl adjacent to an activating group) is 1. The molecule has 2 aromatic rings. The number of benzene rings is 2. The minimum Gasteiger partial charge on any atom is -0.427 e. The van der Waals surface area contributed by atoms with E-state index in [4.69, 9.17) is 11.2 Å². The lowest BCUT2D eigenvalue weighted by Gasteiger charge is -2.36. The van der Waals surface area contributed by atoms with Crippen LogP contribution in [-0.4, -0.2) is 36.0 Å². The van der Waals surface area contributed by atoms with Crippen LogP contribution < -0.4 is 10.1 Å². The molecule has 0 aliphatic carbocycles. The molecule has 0 heterocycles. The van der Waals surface area contributed by atoms with Crippen molar-refractivity contribution in [3.05, 3.63) is 59.2 Å². The first-order chi connectivity index (χ1) is 14.8. The molecule has 0 bridgehead atoms. The zero-order valence-corrected chi connectivity index (χ0v) is 19.0. The van der Waals surface area contributed by atoms with Crippen molar-refractivity contribution in [1.82, 2.24) is 0 Å². The molecule has 0 saturated heterocycles. The molecule has 0 aliphatic rings. The molecule has 0 aliphatic heterocycles. The summed E-state index contributed by atoms with van der Waals surface area (Å²) in [4.78, 5) is 24.6. The summed E-state index contributed by atoms with van der Waals surface area (Å²) in [7, 11) is 0. The molecule has 0 atom stereocenters. The highest BCUT2D eigenvalue weighted by atomic mass is 16.5. The van der Waals surface area contributed by atoms with Gasteiger partial charge < -0.3 is 14.5 Å². The number of rotatable bonds is 10. The van der Waals surface area contributed by atoms with E-state index >= 15 is 0 Å². The Morgan fingerprint density at radius 3 is 2.19 bits per heavy atom. The fourth-order valence-electron chi connectivity index (χ4n) is 3.63. The molecule has 1 N–H and O–H groups in total. The first kappa shape index (κ1) is 24.2. The van der Waals surface area contributed by atoms with Gasteiger partial charge in [0.15, 0.2) is 6.54 Å². The lowest BCUT2D eigenvalue weighted by molar-refractivity contribution is -0.930. The van der Waals surface area contributed by atoms with Crippen LogP contribution in [0.25, 0.3) is 0 Å². The quantitative estimate of drug-likeness (QED) is 0.264. The third-order valence-electron chi connectivity index (χ3n) is 5.71. The molecule has 2 rings (SSSR count). The number of esters is 1. The highest BCUT2D eigenvalue weighted by molar-refractivity contribution is 5.93. The number of para-hydroxylation sites is 1. The molecule has 0 fully saturated rings. The lowest BCUT2D eigenvalue weighted by Crippen LogP contribution is -2.51. The predicted molar refractivity (Wildman–Crippen MR) is 125 cm³/mol. The smallest absolute Gasteiger partial charge is 0.312 e. The minimum atomic E-state index is -0.332. The molecule has 5 heteroatoms. The molecule has 31 heavy (non-hydrogen) atoms. The Labute approximate surface area is 186 Å². The predicted octanol–water partition coefficient (Wildman–Crippen LogP) is 4.62. The Balaban J connectivity index is 2.06. The van der Waals surface area contributed by atoms with Gasteiger partial charge in [0.1, 0.15) is 12.3 Å². The minimum absolute atomic E-state index is 0.0140. The maximum absolute atomic E-state index is 12.9. The second-order valence-corrected chi connectivity index (χ2v) is 7.93. The summed E-state index contributed by atoms with van der Waals surface area (Å²) in [5.74, 6) is 2.62. The van der Waals surface area contributed by atoms with Gasteiger partial charge in [-0.1, -0.05) is 18.2 Å². The van der Waals surface area contributed by atoms with E-state index in [-0.39, 0.29) is 18.3 Å². The normalized spacial score (nSPS) is 10.9. The number of hydrogen-bond acceptors (Lipinski definition) is 3. The number of quaternary nitrogens is 1. The molecule has 0 unspecified atom stereocenters. The van der Waals surface area contributed by atoms with Crippen molar-refractivity contribution in [3.63, 3.8) is 0 Å². The molecule has 5 nitrogen and oxygen atoms in total. The average molecular weight is 422 g/mol. The van der Waals surface area contributed by atoms with Crippen LogP contribution in [-0.2, 0) is 16.1 Å². The number of anilines is 1. The van der Waals surface area contributed by atoms with Gasteiger partial charge in [0, 0.05) is 17.7 Å². The summed E-state index contributed by atoms with van der Waals surface area (Å²) >= 11 is 0. The van der Waals surface area contributed by atoms with Crippen LogP contribution in [0.5, 0.6) is 5.75 Å². The first-order valence-electron chi connectivity index (χ1n) is 10.8. The summed E-state index contributed by atoms with van der Waals surface area (Å²) in [6.45, 7) is 11.0. The molecule has 164 valence electrons. The number of amides is 1. The van der Waals surface area contributed by atoms with Crippen LogP contribution >= 0.6 is 0 Å². The number of hydrogen-bond donors (Lipinski definition) is 1. The first-order valence-corrected chi connectivity index (χ1v) is 10.8. The zero-order chi connectivity index (χ0) is 22.9. The Bertz CT molecular complexity index is 918. The Kier molecular flexibility index (Phi) is 8.84. The maximum Gasteiger partial charge on any atom is 0.312 e. The number of nitrogens with zero attached hydrogens (tertiary/aromatic N) is 1. The Morgan fingerprint density at radius 2 is 1.65 bits per heavy atom. The monoisotopic (exact) mass is 421 g/mol. The van der Waals surface area contributed by atoms with Crippen molar-refractivity contribution in [1.29, 1.82) is 0 Å². The molecular weight excluding hydrogens is 388 g/mol. The highest BCUT2D eigenvalue weighted by Crippen LogP contribution is 2.22. The van der Waals surface area contributed by atoms with Gasteiger partial charge >= 0.3 is 5.97 Å². The van der Waals surface area contributed by atoms with Gasteiger partial charge in [-0.25, -0.2) is 0 Å². The number of terminal acetylenes is 1. The fraction of sp³-hybridized carbons (Fsp3) is 0.385. The molecular formula is C26H33N2O3+. The van der Waals surface area contributed by atoms with Crippen LogP contribution in [0.2, 0.25) is 0 Å². The summed E-state index contributed by atoms with van der Waals surface area (Å²) in [6.07, 6.45) is 5.76. The van der Waals surface area contributed by atoms with Gasteiger partial charge in [0.2, 0.25) is 0 Å². The largest absolute Gasteiger partial charge is 0.427 e. The van der Waals surface area contributed by atoms with E-state index in [1.165, 1.54) is 0 Å². The van der Waals surface area contributed by atoms with Crippen molar-refractivity contribution in [2.75, 3.05) is 25.0 Å². The number of carbonyl (C=O) groups excluding carboxylic acids is 2. The second-order valence-electron chi connectivity index (χ2n) is 7.93. The molecule has 1 amide bonds. The number of nitrogens with one attached hydrogen (secondary N) is 1. The summed E-state index contributed by atoms with van der Waals surface area (Å²) in [5.41, 5.74) is 4.11. The standard InChI is InChI=1S/C26H32N2O3/c1-6-9-13-25(30)31-23-16-14-22(15-17-23)18-28(7-2,8-3)19-24(29)27-26-20(4)11-10-12-21(26)5/h1,10-12,14-17H,7-9,13,18-19H2,2-5H3/p+1. The van der Waals surface area contributed by atoms with Crippen LogP contribution in [0.3, 0.4) is 0 Å². The van der Waals surface area contributed by atoms with Crippen LogP contribution in [0.1, 0.15) is 43.4 Å². The average Bonchev–Trinajstić information content (AvgIpc) is 2.75. The molecule has 2 aromatic carbocycles. The van der Waals surface area contributed by atoms with E-state index in [0.717, 1.165) is 42.0 Å². The third-order valence-corrected chi connectivity index (χ3v) is 5.71. The number of ether oxygens (including phenoxy) is 1. The van der Waals surface area contributed by atoms with Crippen molar-refractivity contribution in [2.45, 2.75) is 47.1 Å². The Hall–Kier alpha value is -3.10. The summed E-state index contributed by atoms with van der Waals surface area (Å²) in [5, 5.41) is 3.11. The molecule has 0 saturated carbocycles. The van der Waals surface area contributed by atoms with Gasteiger partial charge in [-0.3, -0.25) is 9.59 Å². The van der Waals surface area contributed by atoms with E-state index in [0.29, 0.717) is 23.2 Å². The van der Waals surface area contributed by atoms with E-state index in [9.17, 15) is 9.59 Å². The van der Waals surface area contributed by atoms with Gasteiger partial charge in [0.25, 0.3) is 5.91 Å². The maximum atomic E-state index is 12.9. The summed E-state index contributed by atoms with van der Waals surface area (Å²) < 4.78 is 5.94. The van der Waals surface area contributed by atoms with Crippen LogP contribution in [0, 0.1) is 26.2 Å². The Morgan fingerprint density at radius 1 is 1.03 bits per heavy atom. The lowest BCUT2D eigenvalue weighted by atomic mass is 10.1. The van der Waals surface area contributed by atoms with Crippen molar-refractivity contribution in [2.24, 2.45) is 0 Å². The van der Waals surface area contributed by atoms with E-state index in [1.807, 2.05) is 44.2 Å².